The number of amides is 1. The summed E-state index contributed by atoms with van der Waals surface area (Å²) < 4.78 is 0. The Hall–Kier alpha value is -0.710. The summed E-state index contributed by atoms with van der Waals surface area (Å²) in [5.41, 5.74) is 1.71. The number of rotatable bonds is 5. The van der Waals surface area contributed by atoms with Crippen molar-refractivity contribution >= 4 is 35.0 Å². The highest BCUT2D eigenvalue weighted by atomic mass is 35.5. The van der Waals surface area contributed by atoms with Crippen molar-refractivity contribution in [3.05, 3.63) is 28.8 Å². The van der Waals surface area contributed by atoms with Crippen LogP contribution >= 0.6 is 23.4 Å². The smallest absolute Gasteiger partial charge is 0.234 e. The van der Waals surface area contributed by atoms with E-state index in [4.69, 9.17) is 11.6 Å². The molecule has 0 bridgehead atoms. The lowest BCUT2D eigenvalue weighted by Gasteiger charge is -2.14. The van der Waals surface area contributed by atoms with E-state index < -0.39 is 6.10 Å². The van der Waals surface area contributed by atoms with Crippen molar-refractivity contribution < 1.29 is 9.90 Å². The average Bonchev–Trinajstić information content (AvgIpc) is 2.29. The molecule has 2 unspecified atom stereocenters. The molecule has 0 heterocycles. The molecule has 1 amide bonds. The molecule has 3 nitrogen and oxygen atoms in total. The Morgan fingerprint density at radius 3 is 2.72 bits per heavy atom. The van der Waals surface area contributed by atoms with E-state index in [0.29, 0.717) is 10.8 Å². The molecule has 100 valence electrons. The standard InChI is InChI=1S/C13H18ClNO2S/c1-8-6-11(14)4-5-12(8)15-13(17)7-18-10(3)9(2)16/h4-6,9-10,16H,7H2,1-3H3,(H,15,17). The van der Waals surface area contributed by atoms with Crippen LogP contribution in [0, 0.1) is 6.92 Å². The topological polar surface area (TPSA) is 49.3 Å². The molecule has 1 rings (SSSR count). The Morgan fingerprint density at radius 1 is 1.50 bits per heavy atom. The summed E-state index contributed by atoms with van der Waals surface area (Å²) >= 11 is 7.28. The average molecular weight is 288 g/mol. The van der Waals surface area contributed by atoms with E-state index in [1.165, 1.54) is 11.8 Å². The normalized spacial score (nSPS) is 14.1. The zero-order valence-electron chi connectivity index (χ0n) is 10.7. The van der Waals surface area contributed by atoms with Gasteiger partial charge in [0.25, 0.3) is 0 Å². The molecule has 2 atom stereocenters. The zero-order valence-corrected chi connectivity index (χ0v) is 12.3. The molecule has 5 heteroatoms. The first-order chi connectivity index (χ1) is 8.40. The number of hydrogen-bond acceptors (Lipinski definition) is 3. The van der Waals surface area contributed by atoms with Crippen molar-refractivity contribution in [2.75, 3.05) is 11.1 Å². The number of aliphatic hydroxyl groups excluding tert-OH is 1. The van der Waals surface area contributed by atoms with Gasteiger partial charge < -0.3 is 10.4 Å². The van der Waals surface area contributed by atoms with E-state index in [1.807, 2.05) is 19.9 Å². The Labute approximate surface area is 117 Å². The summed E-state index contributed by atoms with van der Waals surface area (Å²) in [7, 11) is 0. The highest BCUT2D eigenvalue weighted by molar-refractivity contribution is 8.00. The number of anilines is 1. The molecule has 0 radical (unpaired) electrons. The molecule has 2 N–H and O–H groups in total. The fourth-order valence-corrected chi connectivity index (χ4v) is 2.29. The molecule has 0 aliphatic carbocycles. The maximum Gasteiger partial charge on any atom is 0.234 e. The summed E-state index contributed by atoms with van der Waals surface area (Å²) in [5.74, 6) is 0.256. The lowest BCUT2D eigenvalue weighted by molar-refractivity contribution is -0.113. The van der Waals surface area contributed by atoms with Gasteiger partial charge in [-0.3, -0.25) is 4.79 Å². The van der Waals surface area contributed by atoms with Crippen LogP contribution in [0.25, 0.3) is 0 Å². The predicted octanol–water partition coefficient (Wildman–Crippen LogP) is 3.09. The van der Waals surface area contributed by atoms with Gasteiger partial charge in [-0.2, -0.15) is 0 Å². The van der Waals surface area contributed by atoms with Crippen LogP contribution in [-0.4, -0.2) is 28.1 Å². The second kappa shape index (κ2) is 7.02. The number of aliphatic hydroxyl groups is 1. The molecule has 0 saturated heterocycles. The lowest BCUT2D eigenvalue weighted by Crippen LogP contribution is -2.21. The molecular weight excluding hydrogens is 270 g/mol. The minimum atomic E-state index is -0.417. The van der Waals surface area contributed by atoms with Gasteiger partial charge in [-0.25, -0.2) is 0 Å². The van der Waals surface area contributed by atoms with Crippen molar-refractivity contribution in [1.29, 1.82) is 0 Å². The van der Waals surface area contributed by atoms with E-state index in [9.17, 15) is 9.90 Å². The summed E-state index contributed by atoms with van der Waals surface area (Å²) in [6.07, 6.45) is -0.417. The van der Waals surface area contributed by atoms with Crippen molar-refractivity contribution in [1.82, 2.24) is 0 Å². The van der Waals surface area contributed by atoms with E-state index in [-0.39, 0.29) is 11.2 Å². The van der Waals surface area contributed by atoms with Crippen LogP contribution in [0.3, 0.4) is 0 Å². The summed E-state index contributed by atoms with van der Waals surface area (Å²) in [6, 6.07) is 5.34. The number of benzene rings is 1. The van der Waals surface area contributed by atoms with Gasteiger partial charge in [0.2, 0.25) is 5.91 Å². The second-order valence-corrected chi connectivity index (χ2v) is 6.07. The van der Waals surface area contributed by atoms with Crippen LogP contribution in [0.1, 0.15) is 19.4 Å². The molecule has 0 aromatic heterocycles. The maximum absolute atomic E-state index is 11.7. The van der Waals surface area contributed by atoms with Gasteiger partial charge in [0.15, 0.2) is 0 Å². The van der Waals surface area contributed by atoms with Crippen LogP contribution in [0.4, 0.5) is 5.69 Å². The number of carbonyl (C=O) groups excluding carboxylic acids is 1. The molecule has 18 heavy (non-hydrogen) atoms. The van der Waals surface area contributed by atoms with Gasteiger partial charge in [-0.15, -0.1) is 11.8 Å². The Kier molecular flexibility index (Phi) is 5.99. The Bertz CT molecular complexity index is 423. The maximum atomic E-state index is 11.7. The summed E-state index contributed by atoms with van der Waals surface area (Å²) in [5, 5.41) is 12.9. The van der Waals surface area contributed by atoms with Crippen molar-refractivity contribution in [3.63, 3.8) is 0 Å². The van der Waals surface area contributed by atoms with Gasteiger partial charge in [0.05, 0.1) is 11.9 Å². The van der Waals surface area contributed by atoms with E-state index >= 15 is 0 Å². The quantitative estimate of drug-likeness (QED) is 0.875. The molecular formula is C13H18ClNO2S. The minimum Gasteiger partial charge on any atom is -0.392 e. The van der Waals surface area contributed by atoms with Crippen molar-refractivity contribution in [3.8, 4) is 0 Å². The number of hydrogen-bond donors (Lipinski definition) is 2. The van der Waals surface area contributed by atoms with E-state index in [0.717, 1.165) is 11.3 Å². The van der Waals surface area contributed by atoms with E-state index in [1.54, 1.807) is 19.1 Å². The number of aryl methyl sites for hydroxylation is 1. The fraction of sp³-hybridized carbons (Fsp3) is 0.462. The fourth-order valence-electron chi connectivity index (χ4n) is 1.30. The highest BCUT2D eigenvalue weighted by Gasteiger charge is 2.12. The van der Waals surface area contributed by atoms with Gasteiger partial charge in [0, 0.05) is 16.0 Å². The molecule has 0 saturated carbocycles. The first-order valence-electron chi connectivity index (χ1n) is 5.76. The van der Waals surface area contributed by atoms with Gasteiger partial charge >= 0.3 is 0 Å². The Balaban J connectivity index is 2.50. The monoisotopic (exact) mass is 287 g/mol. The molecule has 0 spiro atoms. The highest BCUT2D eigenvalue weighted by Crippen LogP contribution is 2.20. The van der Waals surface area contributed by atoms with Gasteiger partial charge in [-0.05, 0) is 37.6 Å². The second-order valence-electron chi connectivity index (χ2n) is 4.26. The van der Waals surface area contributed by atoms with Crippen molar-refractivity contribution in [2.24, 2.45) is 0 Å². The molecule has 0 aliphatic heterocycles. The summed E-state index contributed by atoms with van der Waals surface area (Å²) in [6.45, 7) is 5.52. The third-order valence-electron chi connectivity index (χ3n) is 2.62. The van der Waals surface area contributed by atoms with Crippen LogP contribution in [0.2, 0.25) is 5.02 Å². The van der Waals surface area contributed by atoms with Crippen LogP contribution in [-0.2, 0) is 4.79 Å². The lowest BCUT2D eigenvalue weighted by atomic mass is 10.2. The first-order valence-corrected chi connectivity index (χ1v) is 7.18. The summed E-state index contributed by atoms with van der Waals surface area (Å²) in [4.78, 5) is 11.7. The largest absolute Gasteiger partial charge is 0.392 e. The van der Waals surface area contributed by atoms with Crippen LogP contribution in [0.15, 0.2) is 18.2 Å². The predicted molar refractivity (Wildman–Crippen MR) is 78.4 cm³/mol. The van der Waals surface area contributed by atoms with Crippen LogP contribution in [0.5, 0.6) is 0 Å². The SMILES string of the molecule is Cc1cc(Cl)ccc1NC(=O)CSC(C)C(C)O. The Morgan fingerprint density at radius 2 is 2.17 bits per heavy atom. The number of thioether (sulfide) groups is 1. The zero-order chi connectivity index (χ0) is 13.7. The first kappa shape index (κ1) is 15.3. The van der Waals surface area contributed by atoms with Crippen LogP contribution < -0.4 is 5.32 Å². The molecule has 0 aliphatic rings. The molecule has 1 aromatic carbocycles. The number of carbonyl (C=O) groups is 1. The molecule has 1 aromatic rings. The number of halogens is 1. The minimum absolute atomic E-state index is 0.0436. The van der Waals surface area contributed by atoms with E-state index in [2.05, 4.69) is 5.32 Å². The number of nitrogens with one attached hydrogen (secondary N) is 1. The van der Waals surface area contributed by atoms with Gasteiger partial charge in [0.1, 0.15) is 0 Å². The third-order valence-corrected chi connectivity index (χ3v) is 4.20. The van der Waals surface area contributed by atoms with Gasteiger partial charge in [-0.1, -0.05) is 18.5 Å². The third kappa shape index (κ3) is 4.88. The van der Waals surface area contributed by atoms with Crippen molar-refractivity contribution in [2.45, 2.75) is 32.1 Å². The molecule has 0 fully saturated rings.